The van der Waals surface area contributed by atoms with Crippen LogP contribution in [0.3, 0.4) is 0 Å². The van der Waals surface area contributed by atoms with Crippen molar-refractivity contribution in [3.8, 4) is 17.6 Å². The van der Waals surface area contributed by atoms with Crippen LogP contribution in [-0.2, 0) is 5.75 Å². The number of ether oxygens (including phenoxy) is 1. The second-order valence-corrected chi connectivity index (χ2v) is 4.39. The molecule has 0 saturated carbocycles. The van der Waals surface area contributed by atoms with Gasteiger partial charge in [-0.25, -0.2) is 0 Å². The summed E-state index contributed by atoms with van der Waals surface area (Å²) < 4.78 is 5.19. The van der Waals surface area contributed by atoms with Gasteiger partial charge >= 0.3 is 0 Å². The molecule has 0 fully saturated rings. The second kappa shape index (κ2) is 7.21. The highest BCUT2D eigenvalue weighted by molar-refractivity contribution is 7.98. The van der Waals surface area contributed by atoms with Crippen LogP contribution >= 0.6 is 11.8 Å². The maximum atomic E-state index is 8.69. The number of aliphatic hydroxyl groups excluding tert-OH is 1. The van der Waals surface area contributed by atoms with Gasteiger partial charge < -0.3 is 9.84 Å². The Morgan fingerprint density at radius 3 is 2.88 bits per heavy atom. The third-order valence-corrected chi connectivity index (χ3v) is 3.00. The Hall–Kier alpha value is -1.11. The lowest BCUT2D eigenvalue weighted by atomic mass is 10.1. The van der Waals surface area contributed by atoms with E-state index in [1.165, 1.54) is 0 Å². The fourth-order valence-electron chi connectivity index (χ4n) is 1.29. The first-order chi connectivity index (χ1) is 7.81. The number of thioether (sulfide) groups is 1. The summed E-state index contributed by atoms with van der Waals surface area (Å²) in [5.74, 6) is 8.47. The van der Waals surface area contributed by atoms with Crippen molar-refractivity contribution in [2.45, 2.75) is 12.7 Å². The van der Waals surface area contributed by atoms with Gasteiger partial charge in [0.25, 0.3) is 0 Å². The van der Waals surface area contributed by atoms with Crippen molar-refractivity contribution >= 4 is 11.8 Å². The number of hydrogen-bond donors (Lipinski definition) is 1. The maximum Gasteiger partial charge on any atom is 0.119 e. The summed E-state index contributed by atoms with van der Waals surface area (Å²) >= 11 is 1.84. The van der Waals surface area contributed by atoms with E-state index in [-0.39, 0.29) is 6.61 Å². The van der Waals surface area contributed by atoms with E-state index in [9.17, 15) is 0 Å². The first kappa shape index (κ1) is 13.0. The fourth-order valence-corrected chi connectivity index (χ4v) is 1.95. The fraction of sp³-hybridized carbons (Fsp3) is 0.385. The Labute approximate surface area is 101 Å². The molecule has 0 atom stereocenters. The average molecular weight is 236 g/mol. The summed E-state index contributed by atoms with van der Waals surface area (Å²) in [7, 11) is 1.66. The summed E-state index contributed by atoms with van der Waals surface area (Å²) in [6.07, 6.45) is 0. The second-order valence-electron chi connectivity index (χ2n) is 3.12. The SMILES string of the molecule is CCSCc1cc(OC)ccc1C#CCO. The van der Waals surface area contributed by atoms with Crippen LogP contribution in [0.25, 0.3) is 0 Å². The minimum absolute atomic E-state index is 0.105. The Morgan fingerprint density at radius 1 is 1.44 bits per heavy atom. The molecule has 0 heterocycles. The van der Waals surface area contributed by atoms with E-state index in [0.29, 0.717) is 0 Å². The molecule has 0 aromatic heterocycles. The van der Waals surface area contributed by atoms with Crippen molar-refractivity contribution < 1.29 is 9.84 Å². The van der Waals surface area contributed by atoms with Crippen molar-refractivity contribution in [3.05, 3.63) is 29.3 Å². The molecule has 0 spiro atoms. The summed E-state index contributed by atoms with van der Waals surface area (Å²) in [6, 6.07) is 5.83. The van der Waals surface area contributed by atoms with Crippen LogP contribution in [0, 0.1) is 11.8 Å². The number of aliphatic hydroxyl groups is 1. The topological polar surface area (TPSA) is 29.5 Å². The summed E-state index contributed by atoms with van der Waals surface area (Å²) in [6.45, 7) is 2.02. The Balaban J connectivity index is 2.96. The summed E-state index contributed by atoms with van der Waals surface area (Å²) in [5, 5.41) is 8.69. The van der Waals surface area contributed by atoms with Gasteiger partial charge in [-0.1, -0.05) is 18.8 Å². The van der Waals surface area contributed by atoms with Gasteiger partial charge in [-0.3, -0.25) is 0 Å². The highest BCUT2D eigenvalue weighted by Gasteiger charge is 2.02. The zero-order chi connectivity index (χ0) is 11.8. The van der Waals surface area contributed by atoms with E-state index >= 15 is 0 Å². The Morgan fingerprint density at radius 2 is 2.25 bits per heavy atom. The van der Waals surface area contributed by atoms with Crippen molar-refractivity contribution in [2.24, 2.45) is 0 Å². The van der Waals surface area contributed by atoms with Crippen molar-refractivity contribution in [3.63, 3.8) is 0 Å². The molecule has 0 unspecified atom stereocenters. The van der Waals surface area contributed by atoms with E-state index in [4.69, 9.17) is 9.84 Å². The molecular formula is C13H16O2S. The van der Waals surface area contributed by atoms with E-state index < -0.39 is 0 Å². The predicted molar refractivity (Wildman–Crippen MR) is 68.8 cm³/mol. The van der Waals surface area contributed by atoms with Crippen LogP contribution in [0.15, 0.2) is 18.2 Å². The zero-order valence-electron chi connectivity index (χ0n) is 9.62. The highest BCUT2D eigenvalue weighted by Crippen LogP contribution is 2.21. The monoisotopic (exact) mass is 236 g/mol. The van der Waals surface area contributed by atoms with Crippen molar-refractivity contribution in [1.82, 2.24) is 0 Å². The van der Waals surface area contributed by atoms with E-state index in [1.807, 2.05) is 30.0 Å². The lowest BCUT2D eigenvalue weighted by molar-refractivity contribution is 0.350. The Bertz CT molecular complexity index is 391. The van der Waals surface area contributed by atoms with Gasteiger partial charge in [0.1, 0.15) is 12.4 Å². The standard InChI is InChI=1S/C13H16O2S/c1-3-16-10-12-9-13(15-2)7-6-11(12)5-4-8-14/h6-7,9,14H,3,8,10H2,1-2H3. The highest BCUT2D eigenvalue weighted by atomic mass is 32.2. The van der Waals surface area contributed by atoms with Crippen LogP contribution in [0.4, 0.5) is 0 Å². The minimum atomic E-state index is -0.105. The van der Waals surface area contributed by atoms with Gasteiger partial charge in [0.2, 0.25) is 0 Å². The van der Waals surface area contributed by atoms with Crippen LogP contribution in [0.5, 0.6) is 5.75 Å². The molecule has 0 aliphatic carbocycles. The van der Waals surface area contributed by atoms with Crippen LogP contribution in [-0.4, -0.2) is 24.6 Å². The number of hydrogen-bond acceptors (Lipinski definition) is 3. The first-order valence-electron chi connectivity index (χ1n) is 5.16. The molecule has 0 bridgehead atoms. The molecule has 0 radical (unpaired) electrons. The van der Waals surface area contributed by atoms with Gasteiger partial charge in [0.15, 0.2) is 0 Å². The van der Waals surface area contributed by atoms with E-state index in [2.05, 4.69) is 18.8 Å². The molecule has 0 saturated heterocycles. The number of methoxy groups -OCH3 is 1. The van der Waals surface area contributed by atoms with Gasteiger partial charge in [0.05, 0.1) is 7.11 Å². The number of rotatable bonds is 4. The van der Waals surface area contributed by atoms with Gasteiger partial charge in [-0.15, -0.1) is 0 Å². The lowest BCUT2D eigenvalue weighted by Crippen LogP contribution is -1.91. The Kier molecular flexibility index (Phi) is 5.84. The van der Waals surface area contributed by atoms with Gasteiger partial charge in [0, 0.05) is 11.3 Å². The molecule has 3 heteroatoms. The van der Waals surface area contributed by atoms with Crippen LogP contribution in [0.2, 0.25) is 0 Å². The molecule has 0 aliphatic rings. The summed E-state index contributed by atoms with van der Waals surface area (Å²) in [5.41, 5.74) is 2.13. The van der Waals surface area contributed by atoms with E-state index in [0.717, 1.165) is 28.4 Å². The molecule has 2 nitrogen and oxygen atoms in total. The predicted octanol–water partition coefficient (Wildman–Crippen LogP) is 2.29. The lowest BCUT2D eigenvalue weighted by Gasteiger charge is -2.06. The quantitative estimate of drug-likeness (QED) is 0.813. The molecule has 1 aromatic rings. The average Bonchev–Trinajstić information content (AvgIpc) is 2.34. The maximum absolute atomic E-state index is 8.69. The third-order valence-electron chi connectivity index (χ3n) is 2.08. The molecule has 86 valence electrons. The molecule has 1 aromatic carbocycles. The molecule has 0 aliphatic heterocycles. The van der Waals surface area contributed by atoms with E-state index in [1.54, 1.807) is 7.11 Å². The normalized spacial score (nSPS) is 9.44. The molecular weight excluding hydrogens is 220 g/mol. The minimum Gasteiger partial charge on any atom is -0.497 e. The zero-order valence-corrected chi connectivity index (χ0v) is 10.4. The summed E-state index contributed by atoms with van der Waals surface area (Å²) in [4.78, 5) is 0. The van der Waals surface area contributed by atoms with Gasteiger partial charge in [-0.05, 0) is 29.5 Å². The van der Waals surface area contributed by atoms with Crippen LogP contribution < -0.4 is 4.74 Å². The molecule has 0 amide bonds. The largest absolute Gasteiger partial charge is 0.497 e. The van der Waals surface area contributed by atoms with Crippen molar-refractivity contribution in [2.75, 3.05) is 19.5 Å². The van der Waals surface area contributed by atoms with Crippen molar-refractivity contribution in [1.29, 1.82) is 0 Å². The molecule has 1 N–H and O–H groups in total. The van der Waals surface area contributed by atoms with Crippen LogP contribution in [0.1, 0.15) is 18.1 Å². The van der Waals surface area contributed by atoms with Gasteiger partial charge in [-0.2, -0.15) is 11.8 Å². The molecule has 1 rings (SSSR count). The number of benzene rings is 1. The third kappa shape index (κ3) is 3.80. The molecule has 16 heavy (non-hydrogen) atoms. The smallest absolute Gasteiger partial charge is 0.119 e. The first-order valence-corrected chi connectivity index (χ1v) is 6.31.